The number of hydrogen-bond donors (Lipinski definition) is 0. The smallest absolute Gasteiger partial charge is 0.227 e. The molecule has 0 saturated heterocycles. The fraction of sp³-hybridized carbons (Fsp3) is 0.0189. The van der Waals surface area contributed by atoms with Gasteiger partial charge in [-0.15, -0.1) is 0 Å². The number of aromatic nitrogens is 2. The molecule has 3 heterocycles. The zero-order chi connectivity index (χ0) is 40.0. The second kappa shape index (κ2) is 12.7. The first-order chi connectivity index (χ1) is 29.6. The standard InChI is InChI=1S/C53H28N4O3/c54-29-31-14-22-49-46(23-31)57-52(59-49)38-26-36(25-37(27-38)51-56-45-21-13-32(30-55)24-50(45)60-51)34-17-15-33(16-18-34)35-19-20-42-40(28-35)39-7-1-2-8-41(39)53(42)43-9-3-5-11-47(43)58-48-12-6-4-10-44(48)53/h1-28H. The van der Waals surface area contributed by atoms with Gasteiger partial charge in [0, 0.05) is 28.3 Å². The molecule has 8 aromatic carbocycles. The summed E-state index contributed by atoms with van der Waals surface area (Å²) in [5.74, 6) is 2.57. The van der Waals surface area contributed by atoms with E-state index in [1.165, 1.54) is 22.3 Å². The summed E-state index contributed by atoms with van der Waals surface area (Å²) in [5.41, 5.74) is 15.6. The summed E-state index contributed by atoms with van der Waals surface area (Å²) in [5, 5.41) is 19.0. The molecule has 278 valence electrons. The summed E-state index contributed by atoms with van der Waals surface area (Å²) in [6.07, 6.45) is 0. The van der Waals surface area contributed by atoms with Gasteiger partial charge in [0.2, 0.25) is 11.8 Å². The van der Waals surface area contributed by atoms with Crippen LogP contribution in [0.1, 0.15) is 33.4 Å². The molecule has 0 saturated carbocycles. The Hall–Kier alpha value is -8.52. The van der Waals surface area contributed by atoms with Crippen LogP contribution in [-0.4, -0.2) is 9.97 Å². The average molecular weight is 769 g/mol. The van der Waals surface area contributed by atoms with Gasteiger partial charge in [-0.1, -0.05) is 97.1 Å². The first-order valence-electron chi connectivity index (χ1n) is 19.6. The molecule has 10 aromatic rings. The molecular weight excluding hydrogens is 741 g/mol. The van der Waals surface area contributed by atoms with Gasteiger partial charge in [-0.2, -0.15) is 10.5 Å². The van der Waals surface area contributed by atoms with Crippen molar-refractivity contribution >= 4 is 22.2 Å². The monoisotopic (exact) mass is 768 g/mol. The van der Waals surface area contributed by atoms with E-state index in [0.717, 1.165) is 56.0 Å². The van der Waals surface area contributed by atoms with Gasteiger partial charge in [0.1, 0.15) is 22.5 Å². The number of para-hydroxylation sites is 2. The maximum absolute atomic E-state index is 9.48. The van der Waals surface area contributed by atoms with Crippen molar-refractivity contribution in [2.24, 2.45) is 0 Å². The van der Waals surface area contributed by atoms with Crippen LogP contribution in [0.5, 0.6) is 11.5 Å². The number of fused-ring (bicyclic) bond motifs is 11. The SMILES string of the molecule is N#Cc1ccc2oc(-c3cc(-c4ccc(-c5ccc6c(c5)-c5ccccc5C65c6ccccc6Oc6ccccc65)cc4)cc(-c4nc5ccc(C#N)cc5o4)c3)nc2c1. The Balaban J connectivity index is 0.970. The molecular formula is C53H28N4O3. The van der Waals surface area contributed by atoms with Crippen LogP contribution in [0, 0.1) is 22.7 Å². The van der Waals surface area contributed by atoms with Gasteiger partial charge >= 0.3 is 0 Å². The van der Waals surface area contributed by atoms with E-state index < -0.39 is 5.41 Å². The van der Waals surface area contributed by atoms with E-state index in [2.05, 4.69) is 115 Å². The Bertz CT molecular complexity index is 3350. The van der Waals surface area contributed by atoms with Crippen LogP contribution in [0.25, 0.3) is 78.5 Å². The Morgan fingerprint density at radius 2 is 0.950 bits per heavy atom. The van der Waals surface area contributed by atoms with Crippen molar-refractivity contribution < 1.29 is 13.6 Å². The Morgan fingerprint density at radius 1 is 0.400 bits per heavy atom. The summed E-state index contributed by atoms with van der Waals surface area (Å²) in [6, 6.07) is 61.8. The van der Waals surface area contributed by atoms with Gasteiger partial charge < -0.3 is 13.6 Å². The van der Waals surface area contributed by atoms with Gasteiger partial charge in [-0.25, -0.2) is 9.97 Å². The second-order valence-electron chi connectivity index (χ2n) is 15.2. The number of rotatable bonds is 4. The highest BCUT2D eigenvalue weighted by Gasteiger charge is 2.50. The van der Waals surface area contributed by atoms with Gasteiger partial charge in [-0.05, 0) is 111 Å². The molecule has 12 rings (SSSR count). The number of hydrogen-bond acceptors (Lipinski definition) is 7. The highest BCUT2D eigenvalue weighted by atomic mass is 16.5. The molecule has 1 aliphatic heterocycles. The topological polar surface area (TPSA) is 109 Å². The summed E-state index contributed by atoms with van der Waals surface area (Å²) in [6.45, 7) is 0. The van der Waals surface area contributed by atoms with E-state index in [-0.39, 0.29) is 0 Å². The summed E-state index contributed by atoms with van der Waals surface area (Å²) in [4.78, 5) is 9.55. The molecule has 0 fully saturated rings. The quantitative estimate of drug-likeness (QED) is 0.175. The average Bonchev–Trinajstić information content (AvgIpc) is 4.02. The predicted molar refractivity (Wildman–Crippen MR) is 230 cm³/mol. The molecule has 0 unspecified atom stereocenters. The Labute approximate surface area is 343 Å². The maximum atomic E-state index is 9.48. The van der Waals surface area contributed by atoms with Crippen LogP contribution < -0.4 is 4.74 Å². The highest BCUT2D eigenvalue weighted by molar-refractivity contribution is 5.91. The van der Waals surface area contributed by atoms with Crippen molar-refractivity contribution in [1.82, 2.24) is 9.97 Å². The third-order valence-electron chi connectivity index (χ3n) is 11.9. The van der Waals surface area contributed by atoms with Crippen LogP contribution in [0.4, 0.5) is 0 Å². The third kappa shape index (κ3) is 4.94. The number of nitrogens with zero attached hydrogens (tertiary/aromatic N) is 4. The normalized spacial score (nSPS) is 12.9. The van der Waals surface area contributed by atoms with Crippen molar-refractivity contribution in [3.8, 4) is 79.9 Å². The van der Waals surface area contributed by atoms with E-state index >= 15 is 0 Å². The molecule has 7 heteroatoms. The third-order valence-corrected chi connectivity index (χ3v) is 11.9. The molecule has 60 heavy (non-hydrogen) atoms. The minimum absolute atomic E-state index is 0.411. The minimum Gasteiger partial charge on any atom is -0.457 e. The summed E-state index contributed by atoms with van der Waals surface area (Å²) in [7, 11) is 0. The first-order valence-corrected chi connectivity index (χ1v) is 19.6. The van der Waals surface area contributed by atoms with E-state index in [1.54, 1.807) is 36.4 Å². The molecule has 0 bridgehead atoms. The molecule has 1 spiro atoms. The number of ether oxygens (including phenoxy) is 1. The minimum atomic E-state index is -0.512. The maximum Gasteiger partial charge on any atom is 0.227 e. The van der Waals surface area contributed by atoms with Crippen LogP contribution in [0.3, 0.4) is 0 Å². The van der Waals surface area contributed by atoms with Crippen LogP contribution >= 0.6 is 0 Å². The molecule has 0 amide bonds. The summed E-state index contributed by atoms with van der Waals surface area (Å²) >= 11 is 0. The molecule has 0 atom stereocenters. The molecule has 2 aliphatic rings. The highest BCUT2D eigenvalue weighted by Crippen LogP contribution is 2.62. The van der Waals surface area contributed by atoms with Gasteiger partial charge in [0.05, 0.1) is 28.7 Å². The van der Waals surface area contributed by atoms with Crippen molar-refractivity contribution in [1.29, 1.82) is 10.5 Å². The number of nitriles is 2. The fourth-order valence-corrected chi connectivity index (χ4v) is 9.17. The van der Waals surface area contributed by atoms with Crippen molar-refractivity contribution in [3.63, 3.8) is 0 Å². The van der Waals surface area contributed by atoms with Gasteiger partial charge in [0.25, 0.3) is 0 Å². The van der Waals surface area contributed by atoms with Crippen molar-refractivity contribution in [3.05, 3.63) is 203 Å². The first kappa shape index (κ1) is 33.6. The Kier molecular flexibility index (Phi) is 7.14. The van der Waals surface area contributed by atoms with E-state index in [0.29, 0.717) is 45.1 Å². The van der Waals surface area contributed by atoms with E-state index in [9.17, 15) is 10.5 Å². The van der Waals surface area contributed by atoms with Gasteiger partial charge in [-0.3, -0.25) is 0 Å². The molecule has 7 nitrogen and oxygen atoms in total. The molecule has 0 radical (unpaired) electrons. The van der Waals surface area contributed by atoms with E-state index in [4.69, 9.17) is 23.5 Å². The lowest BCUT2D eigenvalue weighted by molar-refractivity contribution is 0.436. The molecule has 1 aliphatic carbocycles. The zero-order valence-electron chi connectivity index (χ0n) is 31.7. The van der Waals surface area contributed by atoms with Crippen LogP contribution in [0.15, 0.2) is 179 Å². The lowest BCUT2D eigenvalue weighted by Gasteiger charge is -2.39. The van der Waals surface area contributed by atoms with Gasteiger partial charge in [0.15, 0.2) is 11.2 Å². The van der Waals surface area contributed by atoms with Crippen LogP contribution in [0.2, 0.25) is 0 Å². The Morgan fingerprint density at radius 3 is 1.67 bits per heavy atom. The number of oxazole rings is 2. The fourth-order valence-electron chi connectivity index (χ4n) is 9.17. The lowest BCUT2D eigenvalue weighted by Crippen LogP contribution is -2.32. The van der Waals surface area contributed by atoms with Crippen LogP contribution in [-0.2, 0) is 5.41 Å². The van der Waals surface area contributed by atoms with Crippen molar-refractivity contribution in [2.75, 3.05) is 0 Å². The molecule has 2 aromatic heterocycles. The zero-order valence-corrected chi connectivity index (χ0v) is 31.7. The largest absolute Gasteiger partial charge is 0.457 e. The number of benzene rings is 8. The van der Waals surface area contributed by atoms with Crippen molar-refractivity contribution in [2.45, 2.75) is 5.41 Å². The molecule has 0 N–H and O–H groups in total. The lowest BCUT2D eigenvalue weighted by atomic mass is 9.66. The predicted octanol–water partition coefficient (Wildman–Crippen LogP) is 12.8. The summed E-state index contributed by atoms with van der Waals surface area (Å²) < 4.78 is 19.0. The second-order valence-corrected chi connectivity index (χ2v) is 15.2. The van der Waals surface area contributed by atoms with E-state index in [1.807, 2.05) is 30.3 Å².